The molecule has 1 heterocycles. The van der Waals surface area contributed by atoms with Crippen molar-refractivity contribution in [2.24, 2.45) is 0 Å². The van der Waals surface area contributed by atoms with E-state index in [0.29, 0.717) is 6.04 Å². The maximum Gasteiger partial charge on any atom is 0.110 e. The molecule has 0 bridgehead atoms. The molecule has 1 nitrogen and oxygen atoms in total. The number of likely N-dealkylation sites (tertiary alicyclic amines) is 1. The van der Waals surface area contributed by atoms with Crippen LogP contribution in [0, 0.1) is 0 Å². The topological polar surface area (TPSA) is 4.44 Å². The first-order chi connectivity index (χ1) is 6.38. The minimum Gasteiger partial charge on any atom is -0.329 e. The molecule has 70 valence electrons. The van der Waals surface area contributed by atoms with E-state index in [2.05, 4.69) is 37.3 Å². The Morgan fingerprint density at radius 1 is 1.08 bits per heavy atom. The zero-order valence-electron chi connectivity index (χ0n) is 8.29. The number of rotatable bonds is 2. The van der Waals surface area contributed by atoms with Gasteiger partial charge in [-0.25, -0.2) is 0 Å². The Hall–Kier alpha value is -0.820. The Balaban J connectivity index is 2.08. The number of benzene rings is 1. The van der Waals surface area contributed by atoms with Gasteiger partial charge in [0, 0.05) is 18.4 Å². The van der Waals surface area contributed by atoms with E-state index >= 15 is 0 Å². The van der Waals surface area contributed by atoms with Gasteiger partial charge in [-0.2, -0.15) is 0 Å². The van der Waals surface area contributed by atoms with Crippen LogP contribution in [0.2, 0.25) is 0 Å². The summed E-state index contributed by atoms with van der Waals surface area (Å²) in [5, 5.41) is 0. The lowest BCUT2D eigenvalue weighted by molar-refractivity contribution is -0.917. The zero-order chi connectivity index (χ0) is 9.10. The van der Waals surface area contributed by atoms with E-state index in [9.17, 15) is 0 Å². The Morgan fingerprint density at radius 3 is 2.31 bits per heavy atom. The Labute approximate surface area is 80.4 Å². The van der Waals surface area contributed by atoms with Crippen molar-refractivity contribution < 1.29 is 4.90 Å². The lowest BCUT2D eigenvalue weighted by atomic mass is 10.1. The predicted molar refractivity (Wildman–Crippen MR) is 54.8 cm³/mol. The molecule has 0 spiro atoms. The van der Waals surface area contributed by atoms with Gasteiger partial charge in [-0.3, -0.25) is 0 Å². The summed E-state index contributed by atoms with van der Waals surface area (Å²) in [6, 6.07) is 11.5. The quantitative estimate of drug-likeness (QED) is 0.695. The van der Waals surface area contributed by atoms with Crippen LogP contribution < -0.4 is 4.90 Å². The van der Waals surface area contributed by atoms with Crippen LogP contribution in [0.25, 0.3) is 0 Å². The molecule has 1 fully saturated rings. The average Bonchev–Trinajstić information content (AvgIpc) is 2.71. The first-order valence-corrected chi connectivity index (χ1v) is 5.27. The Morgan fingerprint density at radius 2 is 1.69 bits per heavy atom. The van der Waals surface area contributed by atoms with Crippen molar-refractivity contribution in [3.8, 4) is 0 Å². The molecule has 1 N–H and O–H groups in total. The van der Waals surface area contributed by atoms with Crippen LogP contribution in [0.4, 0.5) is 0 Å². The Kier molecular flexibility index (Phi) is 2.65. The molecule has 0 aromatic heterocycles. The molecule has 0 saturated carbocycles. The van der Waals surface area contributed by atoms with E-state index < -0.39 is 0 Å². The molecular weight excluding hydrogens is 158 g/mol. The first kappa shape index (κ1) is 8.76. The van der Waals surface area contributed by atoms with Crippen molar-refractivity contribution in [1.29, 1.82) is 0 Å². The summed E-state index contributed by atoms with van der Waals surface area (Å²) in [6.07, 6.45) is 2.82. The van der Waals surface area contributed by atoms with Gasteiger partial charge in [-0.1, -0.05) is 30.3 Å². The highest BCUT2D eigenvalue weighted by Crippen LogP contribution is 2.09. The maximum absolute atomic E-state index is 2.34. The molecule has 1 aliphatic heterocycles. The highest BCUT2D eigenvalue weighted by molar-refractivity contribution is 5.16. The average molecular weight is 176 g/mol. The van der Waals surface area contributed by atoms with Gasteiger partial charge in [0.2, 0.25) is 0 Å². The van der Waals surface area contributed by atoms with Gasteiger partial charge in [0.15, 0.2) is 0 Å². The summed E-state index contributed by atoms with van der Waals surface area (Å²) in [4.78, 5) is 1.76. The molecule has 0 radical (unpaired) electrons. The van der Waals surface area contributed by atoms with E-state index in [-0.39, 0.29) is 0 Å². The van der Waals surface area contributed by atoms with Crippen molar-refractivity contribution in [2.75, 3.05) is 13.1 Å². The first-order valence-electron chi connectivity index (χ1n) is 5.27. The SMILES string of the molecule is CC(c1ccccc1)[NH+]1CCCC1. The highest BCUT2D eigenvalue weighted by Gasteiger charge is 2.22. The lowest BCUT2D eigenvalue weighted by Gasteiger charge is -2.20. The molecule has 1 saturated heterocycles. The third-order valence-electron chi connectivity index (χ3n) is 3.16. The molecule has 1 atom stereocenters. The van der Waals surface area contributed by atoms with E-state index in [1.807, 2.05) is 0 Å². The van der Waals surface area contributed by atoms with Crippen molar-refractivity contribution >= 4 is 0 Å². The van der Waals surface area contributed by atoms with Gasteiger partial charge in [0.05, 0.1) is 13.1 Å². The minimum absolute atomic E-state index is 0.684. The number of quaternary nitrogens is 1. The van der Waals surface area contributed by atoms with Gasteiger partial charge in [-0.15, -0.1) is 0 Å². The zero-order valence-corrected chi connectivity index (χ0v) is 8.29. The second-order valence-corrected chi connectivity index (χ2v) is 4.00. The van der Waals surface area contributed by atoms with E-state index in [1.54, 1.807) is 4.90 Å². The van der Waals surface area contributed by atoms with Crippen molar-refractivity contribution in [2.45, 2.75) is 25.8 Å². The number of nitrogens with one attached hydrogen (secondary N) is 1. The smallest absolute Gasteiger partial charge is 0.110 e. The van der Waals surface area contributed by atoms with Crippen LogP contribution in [-0.2, 0) is 0 Å². The second kappa shape index (κ2) is 3.93. The van der Waals surface area contributed by atoms with Gasteiger partial charge < -0.3 is 4.90 Å². The highest BCUT2D eigenvalue weighted by atomic mass is 15.2. The fraction of sp³-hybridized carbons (Fsp3) is 0.500. The molecule has 1 aromatic carbocycles. The molecule has 2 rings (SSSR count). The van der Waals surface area contributed by atoms with E-state index in [0.717, 1.165) is 0 Å². The van der Waals surface area contributed by atoms with Crippen molar-refractivity contribution in [1.82, 2.24) is 0 Å². The molecule has 1 aromatic rings. The van der Waals surface area contributed by atoms with Crippen LogP contribution in [0.3, 0.4) is 0 Å². The summed E-state index contributed by atoms with van der Waals surface area (Å²) in [5.41, 5.74) is 1.49. The molecule has 13 heavy (non-hydrogen) atoms. The van der Waals surface area contributed by atoms with E-state index in [4.69, 9.17) is 0 Å². The maximum atomic E-state index is 2.34. The van der Waals surface area contributed by atoms with Crippen molar-refractivity contribution in [3.05, 3.63) is 35.9 Å². The fourth-order valence-corrected chi connectivity index (χ4v) is 2.24. The summed E-state index contributed by atoms with van der Waals surface area (Å²) in [5.74, 6) is 0. The summed E-state index contributed by atoms with van der Waals surface area (Å²) >= 11 is 0. The van der Waals surface area contributed by atoms with Gasteiger partial charge in [0.25, 0.3) is 0 Å². The lowest BCUT2D eigenvalue weighted by Crippen LogP contribution is -3.09. The molecule has 0 amide bonds. The van der Waals surface area contributed by atoms with Crippen LogP contribution in [0.1, 0.15) is 31.4 Å². The third-order valence-corrected chi connectivity index (χ3v) is 3.16. The number of hydrogen-bond acceptors (Lipinski definition) is 0. The van der Waals surface area contributed by atoms with Gasteiger partial charge >= 0.3 is 0 Å². The molecule has 1 aliphatic rings. The van der Waals surface area contributed by atoms with Crippen LogP contribution >= 0.6 is 0 Å². The molecule has 1 heteroatoms. The van der Waals surface area contributed by atoms with E-state index in [1.165, 1.54) is 31.5 Å². The second-order valence-electron chi connectivity index (χ2n) is 4.00. The van der Waals surface area contributed by atoms with Crippen LogP contribution in [0.15, 0.2) is 30.3 Å². The standard InChI is InChI=1S/C12H17N/c1-11(13-9-5-6-10-13)12-7-3-2-4-8-12/h2-4,7-8,11H,5-6,9-10H2,1H3/p+1. The Bertz CT molecular complexity index is 249. The fourth-order valence-electron chi connectivity index (χ4n) is 2.24. The molecular formula is C12H18N+. The summed E-state index contributed by atoms with van der Waals surface area (Å²) in [7, 11) is 0. The minimum atomic E-state index is 0.684. The monoisotopic (exact) mass is 176 g/mol. The van der Waals surface area contributed by atoms with Gasteiger partial charge in [0.1, 0.15) is 6.04 Å². The normalized spacial score (nSPS) is 20.4. The molecule has 0 aliphatic carbocycles. The van der Waals surface area contributed by atoms with Crippen LogP contribution in [0.5, 0.6) is 0 Å². The molecule has 1 unspecified atom stereocenters. The number of hydrogen-bond donors (Lipinski definition) is 1. The van der Waals surface area contributed by atoms with Crippen LogP contribution in [-0.4, -0.2) is 13.1 Å². The largest absolute Gasteiger partial charge is 0.329 e. The summed E-state index contributed by atoms with van der Waals surface area (Å²) < 4.78 is 0. The predicted octanol–water partition coefficient (Wildman–Crippen LogP) is 1.43. The van der Waals surface area contributed by atoms with Gasteiger partial charge in [-0.05, 0) is 6.92 Å². The third kappa shape index (κ3) is 1.92. The summed E-state index contributed by atoms with van der Waals surface area (Å²) in [6.45, 7) is 5.06. The van der Waals surface area contributed by atoms with Crippen molar-refractivity contribution in [3.63, 3.8) is 0 Å².